The van der Waals surface area contributed by atoms with Gasteiger partial charge in [0, 0.05) is 26.1 Å². The second kappa shape index (κ2) is 22.5. The number of aliphatic carboxylic acids is 3. The molecular weight excluding hydrogens is 498 g/mol. The van der Waals surface area contributed by atoms with Crippen LogP contribution in [0.2, 0.25) is 0 Å². The maximum atomic E-state index is 12.1. The van der Waals surface area contributed by atoms with Gasteiger partial charge in [-0.05, 0) is 6.92 Å². The van der Waals surface area contributed by atoms with Crippen LogP contribution >= 0.6 is 0 Å². The van der Waals surface area contributed by atoms with E-state index in [2.05, 4.69) is 5.32 Å². The van der Waals surface area contributed by atoms with E-state index >= 15 is 0 Å². The molecule has 0 unspecified atom stereocenters. The number of Topliss-reactive ketones (excluding diaryl/α,β-unsaturated/α-hetero) is 1. The first-order valence-electron chi connectivity index (χ1n) is 11.8. The molecule has 0 rings (SSSR count). The lowest BCUT2D eigenvalue weighted by atomic mass is 10.3. The second-order valence-electron chi connectivity index (χ2n) is 7.85. The number of ether oxygens (including phenoxy) is 4. The molecule has 0 spiro atoms. The summed E-state index contributed by atoms with van der Waals surface area (Å²) in [5.74, 6) is -3.98. The van der Waals surface area contributed by atoms with E-state index < -0.39 is 43.4 Å². The van der Waals surface area contributed by atoms with Crippen LogP contribution in [0.4, 0.5) is 0 Å². The summed E-state index contributed by atoms with van der Waals surface area (Å²) < 4.78 is 21.2. The van der Waals surface area contributed by atoms with Gasteiger partial charge < -0.3 is 39.6 Å². The van der Waals surface area contributed by atoms with Gasteiger partial charge in [-0.3, -0.25) is 33.8 Å². The molecule has 0 aromatic carbocycles. The van der Waals surface area contributed by atoms with Crippen molar-refractivity contribution in [3.05, 3.63) is 0 Å². The molecule has 37 heavy (non-hydrogen) atoms. The summed E-state index contributed by atoms with van der Waals surface area (Å²) in [5, 5.41) is 29.4. The Morgan fingerprint density at radius 1 is 0.595 bits per heavy atom. The van der Waals surface area contributed by atoms with Crippen molar-refractivity contribution in [2.24, 2.45) is 0 Å². The summed E-state index contributed by atoms with van der Waals surface area (Å²) in [4.78, 5) is 58.1. The molecule has 0 fully saturated rings. The van der Waals surface area contributed by atoms with Gasteiger partial charge in [-0.2, -0.15) is 0 Å². The molecule has 4 N–H and O–H groups in total. The van der Waals surface area contributed by atoms with E-state index in [0.717, 1.165) is 4.90 Å². The number of carbonyl (C=O) groups is 5. The number of hydrogen-bond acceptors (Lipinski definition) is 11. The Bertz CT molecular complexity index is 676. The van der Waals surface area contributed by atoms with Crippen molar-refractivity contribution in [3.8, 4) is 0 Å². The quantitative estimate of drug-likeness (QED) is 0.0883. The van der Waals surface area contributed by atoms with Crippen molar-refractivity contribution in [1.82, 2.24) is 15.1 Å². The average Bonchev–Trinajstić information content (AvgIpc) is 2.78. The molecule has 0 saturated heterocycles. The lowest BCUT2D eigenvalue weighted by molar-refractivity contribution is -0.143. The second-order valence-corrected chi connectivity index (χ2v) is 7.85. The minimum absolute atomic E-state index is 0.00920. The number of nitrogens with zero attached hydrogens (tertiary/aromatic N) is 2. The molecule has 0 saturated carbocycles. The molecule has 0 bridgehead atoms. The number of hydrogen-bond donors (Lipinski definition) is 4. The molecular formula is C22H39N3O12. The molecule has 0 aromatic rings. The van der Waals surface area contributed by atoms with E-state index in [1.807, 2.05) is 0 Å². The Morgan fingerprint density at radius 3 is 1.38 bits per heavy atom. The van der Waals surface area contributed by atoms with Crippen molar-refractivity contribution in [3.63, 3.8) is 0 Å². The Kier molecular flexibility index (Phi) is 20.9. The molecule has 0 heterocycles. The highest BCUT2D eigenvalue weighted by Crippen LogP contribution is 1.95. The fourth-order valence-corrected chi connectivity index (χ4v) is 2.78. The number of rotatable bonds is 26. The lowest BCUT2D eigenvalue weighted by Gasteiger charge is -2.24. The fourth-order valence-electron chi connectivity index (χ4n) is 2.78. The fraction of sp³-hybridized carbons (Fsp3) is 0.773. The number of carbonyl (C=O) groups excluding carboxylic acids is 2. The molecule has 0 aliphatic carbocycles. The van der Waals surface area contributed by atoms with Gasteiger partial charge in [0.2, 0.25) is 5.91 Å². The van der Waals surface area contributed by atoms with Gasteiger partial charge in [0.25, 0.3) is 0 Å². The predicted octanol–water partition coefficient (Wildman–Crippen LogP) is -1.99. The summed E-state index contributed by atoms with van der Waals surface area (Å²) in [6, 6.07) is 0. The predicted molar refractivity (Wildman–Crippen MR) is 127 cm³/mol. The zero-order valence-electron chi connectivity index (χ0n) is 21.2. The third kappa shape index (κ3) is 24.8. The highest BCUT2D eigenvalue weighted by atomic mass is 16.6. The van der Waals surface area contributed by atoms with Crippen molar-refractivity contribution < 1.29 is 58.2 Å². The summed E-state index contributed by atoms with van der Waals surface area (Å²) >= 11 is 0. The van der Waals surface area contributed by atoms with Gasteiger partial charge in [-0.15, -0.1) is 0 Å². The van der Waals surface area contributed by atoms with Crippen molar-refractivity contribution in [1.29, 1.82) is 0 Å². The van der Waals surface area contributed by atoms with Gasteiger partial charge in [-0.1, -0.05) is 0 Å². The van der Waals surface area contributed by atoms with Crippen LogP contribution in [0.25, 0.3) is 0 Å². The molecule has 214 valence electrons. The van der Waals surface area contributed by atoms with Crippen LogP contribution in [0.5, 0.6) is 0 Å². The largest absolute Gasteiger partial charge is 0.480 e. The monoisotopic (exact) mass is 537 g/mol. The maximum absolute atomic E-state index is 12.1. The Labute approximate surface area is 215 Å². The number of ketones is 1. The molecule has 1 amide bonds. The third-order valence-electron chi connectivity index (χ3n) is 4.46. The lowest BCUT2D eigenvalue weighted by Crippen LogP contribution is -2.45. The van der Waals surface area contributed by atoms with E-state index in [1.165, 1.54) is 11.8 Å². The SMILES string of the molecule is CC(=O)CCOCCOCCOCCOCCNC(=O)CN(CCN(CC(=O)O)CC(=O)O)CC(=O)O. The molecule has 0 radical (unpaired) electrons. The first-order chi connectivity index (χ1) is 17.6. The van der Waals surface area contributed by atoms with Gasteiger partial charge in [0.1, 0.15) is 5.78 Å². The molecule has 0 aliphatic heterocycles. The van der Waals surface area contributed by atoms with Crippen LogP contribution in [0.15, 0.2) is 0 Å². The van der Waals surface area contributed by atoms with E-state index in [0.29, 0.717) is 52.7 Å². The number of nitrogens with one attached hydrogen (secondary N) is 1. The van der Waals surface area contributed by atoms with E-state index in [-0.39, 0.29) is 38.6 Å². The number of amides is 1. The summed E-state index contributed by atoms with van der Waals surface area (Å²) in [6.07, 6.45) is 0.390. The Hall–Kier alpha value is -2.69. The van der Waals surface area contributed by atoms with Crippen LogP contribution in [0.3, 0.4) is 0 Å². The van der Waals surface area contributed by atoms with Gasteiger partial charge in [0.05, 0.1) is 79.0 Å². The third-order valence-corrected chi connectivity index (χ3v) is 4.46. The summed E-state index contributed by atoms with van der Waals surface area (Å²) in [5.41, 5.74) is 0. The smallest absolute Gasteiger partial charge is 0.317 e. The highest BCUT2D eigenvalue weighted by molar-refractivity contribution is 5.79. The van der Waals surface area contributed by atoms with Crippen molar-refractivity contribution >= 4 is 29.6 Å². The normalized spacial score (nSPS) is 11.1. The van der Waals surface area contributed by atoms with Gasteiger partial charge in [0.15, 0.2) is 0 Å². The number of carboxylic acids is 3. The minimum atomic E-state index is -1.22. The first-order valence-corrected chi connectivity index (χ1v) is 11.8. The molecule has 0 atom stereocenters. The molecule has 15 nitrogen and oxygen atoms in total. The topological polar surface area (TPSA) is 201 Å². The maximum Gasteiger partial charge on any atom is 0.317 e. The molecule has 0 aromatic heterocycles. The minimum Gasteiger partial charge on any atom is -0.480 e. The van der Waals surface area contributed by atoms with E-state index in [9.17, 15) is 24.0 Å². The average molecular weight is 538 g/mol. The first kappa shape index (κ1) is 34.3. The van der Waals surface area contributed by atoms with Gasteiger partial charge >= 0.3 is 17.9 Å². The Balaban J connectivity index is 3.91. The standard InChI is InChI=1S/C22H39N3O12/c1-18(26)2-6-34-8-10-36-12-13-37-11-9-35-7-3-23-19(27)14-24(15-20(28)29)4-5-25(16-21(30)31)17-22(32)33/h2-17H2,1H3,(H,23,27)(H,28,29)(H,30,31)(H,32,33). The van der Waals surface area contributed by atoms with Crippen LogP contribution in [-0.2, 0) is 42.9 Å². The molecule has 15 heteroatoms. The van der Waals surface area contributed by atoms with E-state index in [4.69, 9.17) is 34.3 Å². The van der Waals surface area contributed by atoms with Crippen LogP contribution in [-0.4, -0.2) is 153 Å². The van der Waals surface area contributed by atoms with Gasteiger partial charge in [-0.25, -0.2) is 0 Å². The van der Waals surface area contributed by atoms with Crippen molar-refractivity contribution in [2.75, 3.05) is 98.7 Å². The number of carboxylic acid groups (broad SMARTS) is 3. The summed E-state index contributed by atoms with van der Waals surface area (Å²) in [7, 11) is 0. The van der Waals surface area contributed by atoms with E-state index in [1.54, 1.807) is 0 Å². The van der Waals surface area contributed by atoms with Crippen LogP contribution in [0.1, 0.15) is 13.3 Å². The Morgan fingerprint density at radius 2 is 0.973 bits per heavy atom. The zero-order chi connectivity index (χ0) is 27.9. The van der Waals surface area contributed by atoms with Crippen LogP contribution < -0.4 is 5.32 Å². The zero-order valence-corrected chi connectivity index (χ0v) is 21.2. The van der Waals surface area contributed by atoms with Crippen LogP contribution in [0, 0.1) is 0 Å². The summed E-state index contributed by atoms with van der Waals surface area (Å²) in [6.45, 7) is 2.70. The molecule has 0 aliphatic rings. The van der Waals surface area contributed by atoms with Crippen molar-refractivity contribution in [2.45, 2.75) is 13.3 Å². The highest BCUT2D eigenvalue weighted by Gasteiger charge is 2.18.